The summed E-state index contributed by atoms with van der Waals surface area (Å²) < 4.78 is 20.7. The Balaban J connectivity index is 1.77. The SMILES string of the molecule is CCCN(Cc1cccn1Cc1cccc(F)c1)C(=O)c1ccc(OC)cc1. The third kappa shape index (κ3) is 4.80. The van der Waals surface area contributed by atoms with Crippen LogP contribution >= 0.6 is 0 Å². The predicted octanol–water partition coefficient (Wildman–Crippen LogP) is 4.74. The molecule has 2 aromatic carbocycles. The molecule has 0 atom stereocenters. The van der Waals surface area contributed by atoms with Gasteiger partial charge in [0.25, 0.3) is 5.91 Å². The highest BCUT2D eigenvalue weighted by molar-refractivity contribution is 5.94. The van der Waals surface area contributed by atoms with E-state index in [0.29, 0.717) is 25.2 Å². The summed E-state index contributed by atoms with van der Waals surface area (Å²) in [5, 5.41) is 0. The van der Waals surface area contributed by atoms with Gasteiger partial charge in [0.15, 0.2) is 0 Å². The minimum absolute atomic E-state index is 0.0111. The molecule has 3 aromatic rings. The van der Waals surface area contributed by atoms with Gasteiger partial charge in [-0.25, -0.2) is 4.39 Å². The Morgan fingerprint density at radius 3 is 2.57 bits per heavy atom. The first-order valence-corrected chi connectivity index (χ1v) is 9.42. The number of aromatic nitrogens is 1. The number of rotatable bonds is 8. The average molecular weight is 380 g/mol. The quantitative estimate of drug-likeness (QED) is 0.566. The first kappa shape index (κ1) is 19.7. The van der Waals surface area contributed by atoms with Crippen LogP contribution in [0.5, 0.6) is 5.75 Å². The van der Waals surface area contributed by atoms with Gasteiger partial charge in [-0.05, 0) is 60.5 Å². The van der Waals surface area contributed by atoms with Gasteiger partial charge < -0.3 is 14.2 Å². The second kappa shape index (κ2) is 9.22. The molecule has 0 aliphatic heterocycles. The van der Waals surface area contributed by atoms with Crippen LogP contribution in [0.3, 0.4) is 0 Å². The number of nitrogens with zero attached hydrogens (tertiary/aromatic N) is 2. The third-order valence-electron chi connectivity index (χ3n) is 4.64. The van der Waals surface area contributed by atoms with E-state index in [1.165, 1.54) is 12.1 Å². The van der Waals surface area contributed by atoms with Gasteiger partial charge in [-0.15, -0.1) is 0 Å². The lowest BCUT2D eigenvalue weighted by Crippen LogP contribution is -2.32. The van der Waals surface area contributed by atoms with Gasteiger partial charge in [-0.2, -0.15) is 0 Å². The molecule has 0 N–H and O–H groups in total. The van der Waals surface area contributed by atoms with Crippen molar-refractivity contribution in [2.24, 2.45) is 0 Å². The van der Waals surface area contributed by atoms with Crippen LogP contribution in [0.2, 0.25) is 0 Å². The second-order valence-electron chi connectivity index (χ2n) is 6.71. The minimum atomic E-state index is -0.242. The fraction of sp³-hybridized carbons (Fsp3) is 0.261. The fourth-order valence-corrected chi connectivity index (χ4v) is 3.21. The molecule has 3 rings (SSSR count). The molecule has 1 aromatic heterocycles. The maximum Gasteiger partial charge on any atom is 0.254 e. The first-order valence-electron chi connectivity index (χ1n) is 9.42. The number of carbonyl (C=O) groups is 1. The lowest BCUT2D eigenvalue weighted by molar-refractivity contribution is 0.0739. The summed E-state index contributed by atoms with van der Waals surface area (Å²) in [5.74, 6) is 0.471. The molecule has 0 spiro atoms. The zero-order chi connectivity index (χ0) is 19.9. The van der Waals surface area contributed by atoms with Gasteiger partial charge in [-0.1, -0.05) is 19.1 Å². The summed E-state index contributed by atoms with van der Waals surface area (Å²) in [4.78, 5) is 14.8. The molecule has 0 unspecified atom stereocenters. The largest absolute Gasteiger partial charge is 0.497 e. The van der Waals surface area contributed by atoms with E-state index in [2.05, 4.69) is 11.5 Å². The van der Waals surface area contributed by atoms with E-state index in [0.717, 1.165) is 23.4 Å². The standard InChI is InChI=1S/C23H25FN2O2/c1-3-13-26(23(27)19-9-11-22(28-2)12-10-19)17-21-8-5-14-25(21)16-18-6-4-7-20(24)15-18/h4-12,14-15H,3,13,16-17H2,1-2H3. The lowest BCUT2D eigenvalue weighted by Gasteiger charge is -2.23. The Labute approximate surface area is 165 Å². The molecule has 0 fully saturated rings. The second-order valence-corrected chi connectivity index (χ2v) is 6.71. The Hall–Kier alpha value is -3.08. The van der Waals surface area contributed by atoms with Crippen LogP contribution < -0.4 is 4.74 Å². The minimum Gasteiger partial charge on any atom is -0.497 e. The van der Waals surface area contributed by atoms with Crippen molar-refractivity contribution in [1.29, 1.82) is 0 Å². The summed E-state index contributed by atoms with van der Waals surface area (Å²) in [6.07, 6.45) is 2.83. The monoisotopic (exact) mass is 380 g/mol. The molecular weight excluding hydrogens is 355 g/mol. The summed E-state index contributed by atoms with van der Waals surface area (Å²) in [5.41, 5.74) is 2.54. The summed E-state index contributed by atoms with van der Waals surface area (Å²) >= 11 is 0. The van der Waals surface area contributed by atoms with Gasteiger partial charge >= 0.3 is 0 Å². The van der Waals surface area contributed by atoms with E-state index in [1.54, 1.807) is 37.4 Å². The van der Waals surface area contributed by atoms with Crippen molar-refractivity contribution >= 4 is 5.91 Å². The van der Waals surface area contributed by atoms with Crippen molar-refractivity contribution in [1.82, 2.24) is 9.47 Å². The molecule has 0 radical (unpaired) electrons. The summed E-state index contributed by atoms with van der Waals surface area (Å²) in [6, 6.07) is 17.7. The van der Waals surface area contributed by atoms with Crippen LogP contribution in [0.4, 0.5) is 4.39 Å². The molecule has 1 amide bonds. The van der Waals surface area contributed by atoms with Gasteiger partial charge in [0.1, 0.15) is 11.6 Å². The summed E-state index contributed by atoms with van der Waals surface area (Å²) in [7, 11) is 1.60. The number of methoxy groups -OCH3 is 1. The van der Waals surface area contributed by atoms with Gasteiger partial charge in [0, 0.05) is 30.5 Å². The van der Waals surface area contributed by atoms with E-state index in [-0.39, 0.29) is 11.7 Å². The maximum atomic E-state index is 13.5. The molecule has 146 valence electrons. The fourth-order valence-electron chi connectivity index (χ4n) is 3.21. The van der Waals surface area contributed by atoms with Crippen molar-refractivity contribution < 1.29 is 13.9 Å². The smallest absolute Gasteiger partial charge is 0.254 e. The van der Waals surface area contributed by atoms with E-state index < -0.39 is 0 Å². The molecule has 28 heavy (non-hydrogen) atoms. The Bertz CT molecular complexity index is 918. The first-order chi connectivity index (χ1) is 13.6. The predicted molar refractivity (Wildman–Crippen MR) is 108 cm³/mol. The molecule has 1 heterocycles. The third-order valence-corrected chi connectivity index (χ3v) is 4.64. The van der Waals surface area contributed by atoms with E-state index >= 15 is 0 Å². The molecular formula is C23H25FN2O2. The maximum absolute atomic E-state index is 13.5. The van der Waals surface area contributed by atoms with Crippen LogP contribution in [-0.2, 0) is 13.1 Å². The highest BCUT2D eigenvalue weighted by atomic mass is 19.1. The highest BCUT2D eigenvalue weighted by Gasteiger charge is 2.17. The molecule has 5 heteroatoms. The summed E-state index contributed by atoms with van der Waals surface area (Å²) in [6.45, 7) is 3.79. The molecule has 0 aliphatic carbocycles. The van der Waals surface area contributed by atoms with Gasteiger partial charge in [0.05, 0.1) is 13.7 Å². The number of amides is 1. The number of halogens is 1. The van der Waals surface area contributed by atoms with Crippen molar-refractivity contribution in [3.05, 3.63) is 89.5 Å². The van der Waals surface area contributed by atoms with E-state index in [4.69, 9.17) is 4.74 Å². The zero-order valence-electron chi connectivity index (χ0n) is 16.3. The van der Waals surface area contributed by atoms with Crippen molar-refractivity contribution in [2.45, 2.75) is 26.4 Å². The number of ether oxygens (including phenoxy) is 1. The normalized spacial score (nSPS) is 10.7. The average Bonchev–Trinajstić information content (AvgIpc) is 3.14. The number of benzene rings is 2. The van der Waals surface area contributed by atoms with Crippen LogP contribution in [-0.4, -0.2) is 29.0 Å². The Morgan fingerprint density at radius 2 is 1.89 bits per heavy atom. The molecule has 0 saturated carbocycles. The van der Waals surface area contributed by atoms with E-state index in [9.17, 15) is 9.18 Å². The van der Waals surface area contributed by atoms with Crippen molar-refractivity contribution in [3.63, 3.8) is 0 Å². The van der Waals surface area contributed by atoms with Crippen LogP contribution in [0.25, 0.3) is 0 Å². The lowest BCUT2D eigenvalue weighted by atomic mass is 10.1. The topological polar surface area (TPSA) is 34.5 Å². The molecule has 0 aliphatic rings. The Kier molecular flexibility index (Phi) is 6.48. The Morgan fingerprint density at radius 1 is 1.11 bits per heavy atom. The van der Waals surface area contributed by atoms with Crippen LogP contribution in [0.1, 0.15) is 35.0 Å². The number of hydrogen-bond donors (Lipinski definition) is 0. The van der Waals surface area contributed by atoms with Gasteiger partial charge in [-0.3, -0.25) is 4.79 Å². The van der Waals surface area contributed by atoms with Gasteiger partial charge in [0.2, 0.25) is 0 Å². The van der Waals surface area contributed by atoms with E-state index in [1.807, 2.05) is 29.3 Å². The molecule has 4 nitrogen and oxygen atoms in total. The molecule has 0 saturated heterocycles. The molecule has 0 bridgehead atoms. The van der Waals surface area contributed by atoms with Crippen LogP contribution in [0.15, 0.2) is 66.9 Å². The highest BCUT2D eigenvalue weighted by Crippen LogP contribution is 2.16. The zero-order valence-corrected chi connectivity index (χ0v) is 16.3. The van der Waals surface area contributed by atoms with Crippen molar-refractivity contribution in [2.75, 3.05) is 13.7 Å². The number of carbonyl (C=O) groups excluding carboxylic acids is 1. The van der Waals surface area contributed by atoms with Crippen molar-refractivity contribution in [3.8, 4) is 5.75 Å². The van der Waals surface area contributed by atoms with Crippen LogP contribution in [0, 0.1) is 5.82 Å². The number of hydrogen-bond acceptors (Lipinski definition) is 2.